The van der Waals surface area contributed by atoms with Crippen LogP contribution in [0.3, 0.4) is 0 Å². The number of carbonyl (C=O) groups excluding carboxylic acids is 1. The molecule has 0 bridgehead atoms. The highest BCUT2D eigenvalue weighted by Gasteiger charge is 2.49. The molecule has 4 atom stereocenters. The molecule has 0 radical (unpaired) electrons. The van der Waals surface area contributed by atoms with Gasteiger partial charge in [0.15, 0.2) is 0 Å². The minimum atomic E-state index is -3.60. The van der Waals surface area contributed by atoms with E-state index in [2.05, 4.69) is 6.08 Å². The van der Waals surface area contributed by atoms with Crippen molar-refractivity contribution in [1.82, 2.24) is 4.31 Å². The molecule has 6 heteroatoms. The molecule has 158 valence electrons. The molecule has 1 aliphatic heterocycles. The number of carbonyl (C=O) groups is 1. The van der Waals surface area contributed by atoms with Crippen LogP contribution in [0.5, 0.6) is 0 Å². The first-order chi connectivity index (χ1) is 14.3. The van der Waals surface area contributed by atoms with Gasteiger partial charge in [0, 0.05) is 12.6 Å². The van der Waals surface area contributed by atoms with E-state index in [-0.39, 0.29) is 29.8 Å². The van der Waals surface area contributed by atoms with E-state index < -0.39 is 10.0 Å². The Balaban J connectivity index is 1.69. The minimum Gasteiger partial charge on any atom is -0.469 e. The standard InChI is InChI=1S/C24H27NO4S/c1-16-9-11-20(12-10-16)30(27,28)25-15-19-14-22(18-7-5-4-6-8-18)23(24(26)29-3)21(19)13-17(25)2/h4-12,14,17,19,21,23H,13,15H2,1-3H3/t17-,19+,21-,23+/m0/s1. The Morgan fingerprint density at radius 3 is 2.37 bits per heavy atom. The molecule has 4 rings (SSSR count). The van der Waals surface area contributed by atoms with E-state index >= 15 is 0 Å². The summed E-state index contributed by atoms with van der Waals surface area (Å²) in [6, 6.07) is 16.6. The zero-order valence-corrected chi connectivity index (χ0v) is 18.3. The van der Waals surface area contributed by atoms with Gasteiger partial charge in [0.1, 0.15) is 0 Å². The number of sulfonamides is 1. The Labute approximate surface area is 178 Å². The lowest BCUT2D eigenvalue weighted by molar-refractivity contribution is -0.145. The normalized spacial score (nSPS) is 26.7. The van der Waals surface area contributed by atoms with E-state index in [1.165, 1.54) is 7.11 Å². The molecule has 1 fully saturated rings. The number of nitrogens with zero attached hydrogens (tertiary/aromatic N) is 1. The van der Waals surface area contributed by atoms with Crippen LogP contribution in [-0.2, 0) is 19.6 Å². The molecular weight excluding hydrogens is 398 g/mol. The van der Waals surface area contributed by atoms with Gasteiger partial charge in [-0.3, -0.25) is 4.79 Å². The van der Waals surface area contributed by atoms with Crippen molar-refractivity contribution in [3.05, 3.63) is 71.8 Å². The summed E-state index contributed by atoms with van der Waals surface area (Å²) in [6.45, 7) is 4.23. The third-order valence-electron chi connectivity index (χ3n) is 6.39. The van der Waals surface area contributed by atoms with Gasteiger partial charge in [-0.2, -0.15) is 4.31 Å². The van der Waals surface area contributed by atoms with E-state index in [0.29, 0.717) is 17.9 Å². The maximum Gasteiger partial charge on any atom is 0.313 e. The first kappa shape index (κ1) is 20.8. The van der Waals surface area contributed by atoms with Gasteiger partial charge in [0.05, 0.1) is 17.9 Å². The summed E-state index contributed by atoms with van der Waals surface area (Å²) in [5.41, 5.74) is 2.95. The Bertz CT molecular complexity index is 1060. The van der Waals surface area contributed by atoms with E-state index in [1.54, 1.807) is 16.4 Å². The molecule has 2 aromatic carbocycles. The van der Waals surface area contributed by atoms with Gasteiger partial charge in [-0.25, -0.2) is 8.42 Å². The highest BCUT2D eigenvalue weighted by molar-refractivity contribution is 7.89. The lowest BCUT2D eigenvalue weighted by Crippen LogP contribution is -2.49. The van der Waals surface area contributed by atoms with Gasteiger partial charge >= 0.3 is 5.97 Å². The zero-order chi connectivity index (χ0) is 21.5. The number of esters is 1. The molecule has 2 aliphatic rings. The van der Waals surface area contributed by atoms with Crippen molar-refractivity contribution in [3.63, 3.8) is 0 Å². The second-order valence-electron chi connectivity index (χ2n) is 8.29. The maximum atomic E-state index is 13.3. The van der Waals surface area contributed by atoms with Crippen LogP contribution < -0.4 is 0 Å². The van der Waals surface area contributed by atoms with E-state index in [1.807, 2.05) is 56.3 Å². The van der Waals surface area contributed by atoms with Crippen LogP contribution in [0.1, 0.15) is 24.5 Å². The monoisotopic (exact) mass is 425 g/mol. The van der Waals surface area contributed by atoms with Crippen LogP contribution in [0.2, 0.25) is 0 Å². The van der Waals surface area contributed by atoms with Gasteiger partial charge in [0.2, 0.25) is 10.0 Å². The molecule has 30 heavy (non-hydrogen) atoms. The van der Waals surface area contributed by atoms with Crippen molar-refractivity contribution in [2.24, 2.45) is 17.8 Å². The van der Waals surface area contributed by atoms with Crippen molar-refractivity contribution in [3.8, 4) is 0 Å². The Morgan fingerprint density at radius 2 is 1.73 bits per heavy atom. The summed E-state index contributed by atoms with van der Waals surface area (Å²) >= 11 is 0. The summed E-state index contributed by atoms with van der Waals surface area (Å²) in [5, 5.41) is 0. The number of methoxy groups -OCH3 is 1. The second-order valence-corrected chi connectivity index (χ2v) is 10.2. The third kappa shape index (κ3) is 3.59. The van der Waals surface area contributed by atoms with Crippen molar-refractivity contribution >= 4 is 21.6 Å². The van der Waals surface area contributed by atoms with Gasteiger partial charge < -0.3 is 4.74 Å². The average Bonchev–Trinajstić information content (AvgIpc) is 3.12. The lowest BCUT2D eigenvalue weighted by Gasteiger charge is -2.40. The smallest absolute Gasteiger partial charge is 0.313 e. The summed E-state index contributed by atoms with van der Waals surface area (Å²) in [5.74, 6) is -0.610. The van der Waals surface area contributed by atoms with Gasteiger partial charge in [0.25, 0.3) is 0 Å². The number of ether oxygens (including phenoxy) is 1. The van der Waals surface area contributed by atoms with Crippen LogP contribution in [0, 0.1) is 24.7 Å². The van der Waals surface area contributed by atoms with Crippen LogP contribution in [-0.4, -0.2) is 38.4 Å². The fourth-order valence-corrected chi connectivity index (χ4v) is 6.53. The SMILES string of the molecule is COC(=O)[C@H]1C(c2ccccc2)=C[C@@H]2CN(S(=O)(=O)c3ccc(C)cc3)[C@@H](C)C[C@H]12. The minimum absolute atomic E-state index is 0.0271. The molecule has 1 aliphatic carbocycles. The molecule has 1 saturated heterocycles. The van der Waals surface area contributed by atoms with Crippen LogP contribution in [0.4, 0.5) is 0 Å². The van der Waals surface area contributed by atoms with Crippen molar-refractivity contribution in [2.45, 2.75) is 31.2 Å². The molecule has 0 spiro atoms. The van der Waals surface area contributed by atoms with Gasteiger partial charge in [-0.05, 0) is 55.4 Å². The lowest BCUT2D eigenvalue weighted by atomic mass is 9.78. The zero-order valence-electron chi connectivity index (χ0n) is 17.5. The summed E-state index contributed by atoms with van der Waals surface area (Å²) in [6.07, 6.45) is 2.70. The largest absolute Gasteiger partial charge is 0.469 e. The quantitative estimate of drug-likeness (QED) is 0.697. The Morgan fingerprint density at radius 1 is 1.07 bits per heavy atom. The predicted molar refractivity (Wildman–Crippen MR) is 116 cm³/mol. The molecule has 1 heterocycles. The first-order valence-electron chi connectivity index (χ1n) is 10.3. The fraction of sp³-hybridized carbons (Fsp3) is 0.375. The van der Waals surface area contributed by atoms with Gasteiger partial charge in [-0.1, -0.05) is 54.1 Å². The van der Waals surface area contributed by atoms with E-state index in [0.717, 1.165) is 16.7 Å². The van der Waals surface area contributed by atoms with Crippen LogP contribution in [0.15, 0.2) is 65.6 Å². The number of hydrogen-bond donors (Lipinski definition) is 0. The molecule has 0 aromatic heterocycles. The summed E-state index contributed by atoms with van der Waals surface area (Å²) < 4.78 is 33.4. The molecule has 0 unspecified atom stereocenters. The van der Waals surface area contributed by atoms with E-state index in [9.17, 15) is 13.2 Å². The molecule has 0 saturated carbocycles. The third-order valence-corrected chi connectivity index (χ3v) is 8.39. The van der Waals surface area contributed by atoms with Crippen molar-refractivity contribution in [1.29, 1.82) is 0 Å². The molecule has 0 N–H and O–H groups in total. The van der Waals surface area contributed by atoms with Crippen LogP contribution >= 0.6 is 0 Å². The highest BCUT2D eigenvalue weighted by atomic mass is 32.2. The molecule has 2 aromatic rings. The number of hydrogen-bond acceptors (Lipinski definition) is 4. The van der Waals surface area contributed by atoms with E-state index in [4.69, 9.17) is 4.74 Å². The Hall–Kier alpha value is -2.44. The second kappa shape index (κ2) is 8.00. The van der Waals surface area contributed by atoms with Gasteiger partial charge in [-0.15, -0.1) is 0 Å². The Kier molecular flexibility index (Phi) is 5.55. The summed E-state index contributed by atoms with van der Waals surface area (Å²) in [4.78, 5) is 13.0. The fourth-order valence-electron chi connectivity index (χ4n) is 4.85. The number of aryl methyl sites for hydroxylation is 1. The molecular formula is C24H27NO4S. The number of rotatable bonds is 4. The average molecular weight is 426 g/mol. The summed E-state index contributed by atoms with van der Waals surface area (Å²) in [7, 11) is -2.19. The maximum absolute atomic E-state index is 13.3. The topological polar surface area (TPSA) is 63.7 Å². The number of piperidine rings is 1. The van der Waals surface area contributed by atoms with Crippen molar-refractivity contribution in [2.75, 3.05) is 13.7 Å². The first-order valence-corrected chi connectivity index (χ1v) is 11.7. The van der Waals surface area contributed by atoms with Crippen LogP contribution in [0.25, 0.3) is 5.57 Å². The van der Waals surface area contributed by atoms with Crippen molar-refractivity contribution < 1.29 is 17.9 Å². The molecule has 0 amide bonds. The number of fused-ring (bicyclic) bond motifs is 1. The molecule has 5 nitrogen and oxygen atoms in total. The number of benzene rings is 2. The highest BCUT2D eigenvalue weighted by Crippen LogP contribution is 2.48. The predicted octanol–water partition coefficient (Wildman–Crippen LogP) is 3.90.